The van der Waals surface area contributed by atoms with E-state index in [1.54, 1.807) is 44.4 Å². The average Bonchev–Trinajstić information content (AvgIpc) is 3.27. The molecule has 0 unspecified atom stereocenters. The number of carbonyl (C=O) groups is 1. The first-order chi connectivity index (χ1) is 14.2. The molecule has 11 heteroatoms. The van der Waals surface area contributed by atoms with E-state index in [4.69, 9.17) is 11.6 Å². The Labute approximate surface area is 178 Å². The number of nitrogens with zero attached hydrogens (tertiary/aromatic N) is 4. The van der Waals surface area contributed by atoms with Gasteiger partial charge in [-0.25, -0.2) is 8.42 Å². The van der Waals surface area contributed by atoms with Gasteiger partial charge in [0.15, 0.2) is 0 Å². The number of hydrogen-bond donors (Lipinski definition) is 2. The SMILES string of the molecule is Cc1nn(C)c(Cl)c1S(=O)(=O)Nc1ccc(N2CC[C@@H](C(=O)O)C2)c2ncccc12. The molecule has 2 N–H and O–H groups in total. The lowest BCUT2D eigenvalue weighted by atomic mass is 10.1. The molecule has 0 saturated carbocycles. The highest BCUT2D eigenvalue weighted by Crippen LogP contribution is 2.35. The van der Waals surface area contributed by atoms with Crippen LogP contribution < -0.4 is 9.62 Å². The summed E-state index contributed by atoms with van der Waals surface area (Å²) in [5.41, 5.74) is 2.02. The number of fused-ring (bicyclic) bond motifs is 1. The van der Waals surface area contributed by atoms with Crippen LogP contribution in [0.4, 0.5) is 11.4 Å². The molecule has 1 fully saturated rings. The molecule has 4 rings (SSSR count). The van der Waals surface area contributed by atoms with Crippen molar-refractivity contribution in [1.82, 2.24) is 14.8 Å². The Balaban J connectivity index is 1.74. The van der Waals surface area contributed by atoms with E-state index in [1.165, 1.54) is 4.68 Å². The first-order valence-corrected chi connectivity index (χ1v) is 11.1. The monoisotopic (exact) mass is 449 g/mol. The van der Waals surface area contributed by atoms with Gasteiger partial charge in [-0.05, 0) is 37.6 Å². The lowest BCUT2D eigenvalue weighted by Crippen LogP contribution is -2.23. The topological polar surface area (TPSA) is 117 Å². The highest BCUT2D eigenvalue weighted by atomic mass is 35.5. The zero-order valence-corrected chi connectivity index (χ0v) is 17.9. The Morgan fingerprint density at radius 3 is 2.73 bits per heavy atom. The van der Waals surface area contributed by atoms with Gasteiger partial charge < -0.3 is 10.0 Å². The Morgan fingerprint density at radius 1 is 1.33 bits per heavy atom. The number of benzene rings is 1. The molecule has 1 aromatic carbocycles. The molecule has 1 saturated heterocycles. The summed E-state index contributed by atoms with van der Waals surface area (Å²) in [6.07, 6.45) is 2.17. The number of aromatic nitrogens is 3. The molecule has 158 valence electrons. The fourth-order valence-corrected chi connectivity index (χ4v) is 5.63. The fourth-order valence-electron chi connectivity index (χ4n) is 3.79. The van der Waals surface area contributed by atoms with Crippen LogP contribution in [-0.2, 0) is 21.9 Å². The van der Waals surface area contributed by atoms with Gasteiger partial charge in [-0.15, -0.1) is 0 Å². The molecule has 2 aromatic heterocycles. The number of sulfonamides is 1. The molecule has 0 spiro atoms. The molecule has 0 radical (unpaired) electrons. The zero-order valence-electron chi connectivity index (χ0n) is 16.3. The van der Waals surface area contributed by atoms with E-state index in [9.17, 15) is 18.3 Å². The summed E-state index contributed by atoms with van der Waals surface area (Å²) in [7, 11) is -2.41. The molecule has 0 bridgehead atoms. The van der Waals surface area contributed by atoms with E-state index in [1.807, 2.05) is 4.90 Å². The molecule has 1 atom stereocenters. The fraction of sp³-hybridized carbons (Fsp3) is 0.316. The average molecular weight is 450 g/mol. The van der Waals surface area contributed by atoms with Gasteiger partial charge in [0.2, 0.25) is 0 Å². The first kappa shape index (κ1) is 20.4. The Kier molecular flexibility index (Phi) is 5.07. The maximum Gasteiger partial charge on any atom is 0.308 e. The number of halogens is 1. The second-order valence-electron chi connectivity index (χ2n) is 7.24. The quantitative estimate of drug-likeness (QED) is 0.614. The second kappa shape index (κ2) is 7.44. The van der Waals surface area contributed by atoms with Crippen molar-refractivity contribution in [3.63, 3.8) is 0 Å². The lowest BCUT2D eigenvalue weighted by Gasteiger charge is -2.21. The zero-order chi connectivity index (χ0) is 21.6. The molecule has 1 aliphatic heterocycles. The molecule has 0 amide bonds. The minimum Gasteiger partial charge on any atom is -0.481 e. The Bertz CT molecular complexity index is 1260. The Morgan fingerprint density at radius 2 is 2.10 bits per heavy atom. The summed E-state index contributed by atoms with van der Waals surface area (Å²) in [5.74, 6) is -1.25. The van der Waals surface area contributed by atoms with Gasteiger partial charge in [-0.3, -0.25) is 19.2 Å². The summed E-state index contributed by atoms with van der Waals surface area (Å²) in [4.78, 5) is 17.6. The maximum atomic E-state index is 13.0. The molecule has 1 aliphatic rings. The normalized spacial score (nSPS) is 16.9. The molecule has 9 nitrogen and oxygen atoms in total. The van der Waals surface area contributed by atoms with Crippen molar-refractivity contribution in [1.29, 1.82) is 0 Å². The van der Waals surface area contributed by atoms with Gasteiger partial charge in [0.1, 0.15) is 10.0 Å². The first-order valence-electron chi connectivity index (χ1n) is 9.26. The summed E-state index contributed by atoms with van der Waals surface area (Å²) in [6, 6.07) is 6.90. The number of anilines is 2. The van der Waals surface area contributed by atoms with E-state index >= 15 is 0 Å². The smallest absolute Gasteiger partial charge is 0.308 e. The third kappa shape index (κ3) is 3.46. The van der Waals surface area contributed by atoms with E-state index in [0.717, 1.165) is 5.69 Å². The number of rotatable bonds is 5. The van der Waals surface area contributed by atoms with Crippen LogP contribution in [0.3, 0.4) is 0 Å². The van der Waals surface area contributed by atoms with Crippen molar-refractivity contribution in [2.75, 3.05) is 22.7 Å². The van der Waals surface area contributed by atoms with Crippen LogP contribution in [0.25, 0.3) is 10.9 Å². The van der Waals surface area contributed by atoms with Gasteiger partial charge >= 0.3 is 5.97 Å². The minimum atomic E-state index is -3.98. The van der Waals surface area contributed by atoms with Crippen molar-refractivity contribution in [3.8, 4) is 0 Å². The van der Waals surface area contributed by atoms with E-state index in [0.29, 0.717) is 41.8 Å². The lowest BCUT2D eigenvalue weighted by molar-refractivity contribution is -0.140. The summed E-state index contributed by atoms with van der Waals surface area (Å²) >= 11 is 6.15. The van der Waals surface area contributed by atoms with Crippen LogP contribution >= 0.6 is 11.6 Å². The predicted molar refractivity (Wildman–Crippen MR) is 113 cm³/mol. The van der Waals surface area contributed by atoms with Crippen molar-refractivity contribution in [2.45, 2.75) is 18.2 Å². The van der Waals surface area contributed by atoms with Gasteiger partial charge in [-0.2, -0.15) is 5.10 Å². The van der Waals surface area contributed by atoms with Crippen LogP contribution in [-0.4, -0.2) is 47.3 Å². The molecule has 3 aromatic rings. The van der Waals surface area contributed by atoms with E-state index < -0.39 is 21.9 Å². The van der Waals surface area contributed by atoms with Gasteiger partial charge in [0.05, 0.1) is 28.5 Å². The highest BCUT2D eigenvalue weighted by Gasteiger charge is 2.30. The van der Waals surface area contributed by atoms with E-state index in [2.05, 4.69) is 14.8 Å². The summed E-state index contributed by atoms with van der Waals surface area (Å²) in [6.45, 7) is 2.56. The third-order valence-corrected chi connectivity index (χ3v) is 7.30. The van der Waals surface area contributed by atoms with Crippen molar-refractivity contribution >= 4 is 49.9 Å². The summed E-state index contributed by atoms with van der Waals surface area (Å²) in [5, 5.41) is 14.0. The summed E-state index contributed by atoms with van der Waals surface area (Å²) < 4.78 is 29.9. The van der Waals surface area contributed by atoms with Crippen molar-refractivity contribution < 1.29 is 18.3 Å². The van der Waals surface area contributed by atoms with Gasteiger partial charge in [0.25, 0.3) is 10.0 Å². The number of pyridine rings is 1. The van der Waals surface area contributed by atoms with Crippen LogP contribution in [0, 0.1) is 12.8 Å². The maximum absolute atomic E-state index is 13.0. The van der Waals surface area contributed by atoms with Crippen LogP contribution in [0.2, 0.25) is 5.15 Å². The molecule has 30 heavy (non-hydrogen) atoms. The molecular formula is C19H20ClN5O4S. The number of hydrogen-bond acceptors (Lipinski definition) is 6. The third-order valence-electron chi connectivity index (χ3n) is 5.24. The van der Waals surface area contributed by atoms with Crippen LogP contribution in [0.1, 0.15) is 12.1 Å². The highest BCUT2D eigenvalue weighted by molar-refractivity contribution is 7.93. The Hall–Kier alpha value is -2.85. The van der Waals surface area contributed by atoms with Gasteiger partial charge in [0, 0.05) is 31.7 Å². The van der Waals surface area contributed by atoms with Gasteiger partial charge in [-0.1, -0.05) is 11.6 Å². The predicted octanol–water partition coefficient (Wildman–Crippen LogP) is 2.64. The largest absolute Gasteiger partial charge is 0.481 e. The number of aryl methyl sites for hydroxylation is 2. The van der Waals surface area contributed by atoms with E-state index in [-0.39, 0.29) is 10.0 Å². The number of aliphatic carboxylic acids is 1. The van der Waals surface area contributed by atoms with Crippen molar-refractivity contribution in [3.05, 3.63) is 41.3 Å². The molecule has 3 heterocycles. The van der Waals surface area contributed by atoms with Crippen LogP contribution in [0.15, 0.2) is 35.4 Å². The molecule has 0 aliphatic carbocycles. The minimum absolute atomic E-state index is 0.0239. The number of nitrogens with one attached hydrogen (secondary N) is 1. The van der Waals surface area contributed by atoms with Crippen LogP contribution in [0.5, 0.6) is 0 Å². The standard InChI is InChI=1S/C19H20ClN5O4S/c1-11-17(18(20)24(2)22-11)30(28,29)23-14-5-6-15(16-13(14)4-3-8-21-16)25-9-7-12(10-25)19(26)27/h3-6,8,12,23H,7,9-10H2,1-2H3,(H,26,27)/t12-/m1/s1. The number of carboxylic acid groups (broad SMARTS) is 1. The van der Waals surface area contributed by atoms with Crippen molar-refractivity contribution in [2.24, 2.45) is 13.0 Å². The number of carboxylic acids is 1. The molecular weight excluding hydrogens is 430 g/mol. The second-order valence-corrected chi connectivity index (χ2v) is 9.21.